The van der Waals surface area contributed by atoms with Crippen LogP contribution in [0, 0.1) is 0 Å². The first kappa shape index (κ1) is 17.8. The van der Waals surface area contributed by atoms with Crippen molar-refractivity contribution in [3.63, 3.8) is 0 Å². The van der Waals surface area contributed by atoms with Crippen LogP contribution in [0.5, 0.6) is 0 Å². The number of nitrogens with zero attached hydrogens (tertiary/aromatic N) is 2. The molecule has 0 saturated heterocycles. The van der Waals surface area contributed by atoms with Crippen LogP contribution in [0.2, 0.25) is 0 Å². The maximum atomic E-state index is 4.78. The molecular weight excluding hydrogens is 440 g/mol. The van der Waals surface area contributed by atoms with Gasteiger partial charge >= 0.3 is 0 Å². The van der Waals surface area contributed by atoms with Gasteiger partial charge in [-0.05, 0) is 30.3 Å². The molecule has 154 valence electrons. The van der Waals surface area contributed by atoms with E-state index in [0.29, 0.717) is 0 Å². The van der Waals surface area contributed by atoms with Gasteiger partial charge in [-0.3, -0.25) is 4.57 Å². The maximum absolute atomic E-state index is 4.78. The number of fused-ring (bicyclic) bond motifs is 12. The minimum Gasteiger partial charge on any atom is -0.292 e. The average molecular weight is 457 g/mol. The van der Waals surface area contributed by atoms with Gasteiger partial charge in [0.05, 0.1) is 15.7 Å². The van der Waals surface area contributed by atoms with E-state index >= 15 is 0 Å². The molecule has 4 heteroatoms. The molecule has 2 nitrogen and oxygen atoms in total. The molecule has 0 saturated carbocycles. The van der Waals surface area contributed by atoms with Crippen molar-refractivity contribution < 1.29 is 0 Å². The van der Waals surface area contributed by atoms with E-state index in [1.165, 1.54) is 62.2 Å². The summed E-state index contributed by atoms with van der Waals surface area (Å²) in [6.07, 6.45) is 1.89. The zero-order valence-corrected chi connectivity index (χ0v) is 19.1. The lowest BCUT2D eigenvalue weighted by molar-refractivity contribution is 1.08. The third-order valence-corrected chi connectivity index (χ3v) is 9.00. The second-order valence-corrected chi connectivity index (χ2v) is 10.5. The molecule has 0 spiro atoms. The summed E-state index contributed by atoms with van der Waals surface area (Å²) in [5, 5.41) is 8.04. The second-order valence-electron chi connectivity index (χ2n) is 8.37. The van der Waals surface area contributed by atoms with Crippen LogP contribution < -0.4 is 0 Å². The van der Waals surface area contributed by atoms with Crippen LogP contribution in [0.25, 0.3) is 68.0 Å². The van der Waals surface area contributed by atoms with E-state index in [9.17, 15) is 0 Å². The van der Waals surface area contributed by atoms with E-state index in [1.807, 2.05) is 34.9 Å². The maximum Gasteiger partial charge on any atom is 0.137 e. The Morgan fingerprint density at radius 3 is 1.94 bits per heavy atom. The number of thiophene rings is 2. The normalized spacial score (nSPS) is 12.2. The van der Waals surface area contributed by atoms with Gasteiger partial charge in [-0.25, -0.2) is 4.98 Å². The predicted molar refractivity (Wildman–Crippen MR) is 144 cm³/mol. The van der Waals surface area contributed by atoms with E-state index in [2.05, 4.69) is 89.5 Å². The number of aromatic nitrogens is 2. The molecule has 0 N–H and O–H groups in total. The quantitative estimate of drug-likeness (QED) is 0.241. The number of para-hydroxylation sites is 1. The largest absolute Gasteiger partial charge is 0.292 e. The monoisotopic (exact) mass is 456 g/mol. The van der Waals surface area contributed by atoms with Gasteiger partial charge in [0.2, 0.25) is 0 Å². The first-order valence-electron chi connectivity index (χ1n) is 11.0. The molecule has 4 aromatic carbocycles. The Balaban J connectivity index is 1.80. The fourth-order valence-electron chi connectivity index (χ4n) is 5.34. The fraction of sp³-hybridized carbons (Fsp3) is 0. The van der Waals surface area contributed by atoms with Crippen molar-refractivity contribution in [1.29, 1.82) is 0 Å². The van der Waals surface area contributed by atoms with Gasteiger partial charge in [0.15, 0.2) is 0 Å². The Labute approximate surface area is 196 Å². The van der Waals surface area contributed by atoms with Crippen molar-refractivity contribution in [3.05, 3.63) is 97.2 Å². The van der Waals surface area contributed by atoms with Crippen LogP contribution in [-0.4, -0.2) is 9.55 Å². The summed E-state index contributed by atoms with van der Waals surface area (Å²) in [6.45, 7) is 0. The van der Waals surface area contributed by atoms with Gasteiger partial charge < -0.3 is 0 Å². The highest BCUT2D eigenvalue weighted by atomic mass is 32.1. The molecule has 8 rings (SSSR count). The summed E-state index contributed by atoms with van der Waals surface area (Å²) in [4.78, 5) is 4.78. The average Bonchev–Trinajstić information content (AvgIpc) is 3.54. The minimum atomic E-state index is 0.960. The van der Waals surface area contributed by atoms with Crippen LogP contribution in [0.1, 0.15) is 0 Å². The highest BCUT2D eigenvalue weighted by Crippen LogP contribution is 2.51. The topological polar surface area (TPSA) is 17.8 Å². The summed E-state index contributed by atoms with van der Waals surface area (Å²) in [5.41, 5.74) is 2.47. The van der Waals surface area contributed by atoms with Crippen LogP contribution in [0.3, 0.4) is 0 Å². The van der Waals surface area contributed by atoms with Crippen LogP contribution in [0.15, 0.2) is 97.2 Å². The molecule has 0 fully saturated rings. The molecule has 0 amide bonds. The van der Waals surface area contributed by atoms with Crippen molar-refractivity contribution in [1.82, 2.24) is 9.55 Å². The molecule has 33 heavy (non-hydrogen) atoms. The predicted octanol–water partition coefficient (Wildman–Crippen LogP) is 8.91. The van der Waals surface area contributed by atoms with Crippen molar-refractivity contribution >= 4 is 84.8 Å². The second kappa shape index (κ2) is 6.41. The van der Waals surface area contributed by atoms with E-state index in [4.69, 9.17) is 4.98 Å². The molecule has 0 unspecified atom stereocenters. The molecule has 0 bridgehead atoms. The molecule has 0 aliphatic heterocycles. The van der Waals surface area contributed by atoms with Gasteiger partial charge in [-0.1, -0.05) is 60.7 Å². The summed E-state index contributed by atoms with van der Waals surface area (Å²) in [5.74, 6) is 0.960. The van der Waals surface area contributed by atoms with Gasteiger partial charge in [0, 0.05) is 52.6 Å². The number of rotatable bonds is 1. The Morgan fingerprint density at radius 1 is 0.545 bits per heavy atom. The van der Waals surface area contributed by atoms with Gasteiger partial charge in [0.1, 0.15) is 5.82 Å². The zero-order valence-electron chi connectivity index (χ0n) is 17.4. The number of benzene rings is 4. The van der Waals surface area contributed by atoms with Gasteiger partial charge in [-0.2, -0.15) is 0 Å². The molecule has 4 aromatic heterocycles. The third-order valence-electron chi connectivity index (χ3n) is 6.64. The molecule has 4 heterocycles. The van der Waals surface area contributed by atoms with Crippen LogP contribution in [0.4, 0.5) is 0 Å². The third kappa shape index (κ3) is 2.24. The fourth-order valence-corrected chi connectivity index (χ4v) is 7.93. The Morgan fingerprint density at radius 2 is 1.18 bits per heavy atom. The number of pyridine rings is 1. The van der Waals surface area contributed by atoms with Crippen molar-refractivity contribution in [3.8, 4) is 5.82 Å². The summed E-state index contributed by atoms with van der Waals surface area (Å²) in [6, 6.07) is 32.6. The molecule has 0 atom stereocenters. The van der Waals surface area contributed by atoms with Crippen LogP contribution in [-0.2, 0) is 0 Å². The number of hydrogen-bond donors (Lipinski definition) is 0. The first-order valence-corrected chi connectivity index (χ1v) is 12.6. The van der Waals surface area contributed by atoms with Crippen molar-refractivity contribution in [2.24, 2.45) is 0 Å². The smallest absolute Gasteiger partial charge is 0.137 e. The first-order chi connectivity index (χ1) is 16.4. The number of hydrogen-bond acceptors (Lipinski definition) is 3. The van der Waals surface area contributed by atoms with Crippen molar-refractivity contribution in [2.45, 2.75) is 0 Å². The van der Waals surface area contributed by atoms with E-state index in [1.54, 1.807) is 0 Å². The molecule has 0 radical (unpaired) electrons. The van der Waals surface area contributed by atoms with E-state index in [-0.39, 0.29) is 0 Å². The highest BCUT2D eigenvalue weighted by Gasteiger charge is 2.24. The lowest BCUT2D eigenvalue weighted by Crippen LogP contribution is -1.96. The Bertz CT molecular complexity index is 2020. The van der Waals surface area contributed by atoms with Crippen molar-refractivity contribution in [2.75, 3.05) is 0 Å². The SMILES string of the molecule is c1ccc(-n2c3ccccc3c3c4c5ccccc5sc4c4c5ccccc5sc4c32)nc1. The summed E-state index contributed by atoms with van der Waals surface area (Å²) >= 11 is 3.82. The molecule has 0 aliphatic carbocycles. The minimum absolute atomic E-state index is 0.960. The highest BCUT2D eigenvalue weighted by molar-refractivity contribution is 7.30. The summed E-state index contributed by atoms with van der Waals surface area (Å²) in [7, 11) is 0. The zero-order chi connectivity index (χ0) is 21.5. The molecule has 8 aromatic rings. The Kier molecular flexibility index (Phi) is 3.45. The van der Waals surface area contributed by atoms with Gasteiger partial charge in [0.25, 0.3) is 0 Å². The van der Waals surface area contributed by atoms with Gasteiger partial charge in [-0.15, -0.1) is 22.7 Å². The standard InChI is InChI=1S/C29H16N2S2/c1-4-12-20-17(9-1)24-25-18-10-2-5-13-21(18)32-28(25)26-19-11-3-6-14-22(19)33-29(26)27(24)31(20)23-15-7-8-16-30-23/h1-16H. The van der Waals surface area contributed by atoms with E-state index < -0.39 is 0 Å². The summed E-state index contributed by atoms with van der Waals surface area (Å²) < 4.78 is 7.77. The lowest BCUT2D eigenvalue weighted by atomic mass is 10.0. The lowest BCUT2D eigenvalue weighted by Gasteiger charge is -2.08. The van der Waals surface area contributed by atoms with E-state index in [0.717, 1.165) is 5.82 Å². The molecular formula is C29H16N2S2. The Hall–Kier alpha value is -3.73. The van der Waals surface area contributed by atoms with Crippen LogP contribution >= 0.6 is 22.7 Å². The molecule has 0 aliphatic rings.